The van der Waals surface area contributed by atoms with Crippen LogP contribution in [-0.4, -0.2) is 29.9 Å². The fourth-order valence-electron chi connectivity index (χ4n) is 3.40. The van der Waals surface area contributed by atoms with Crippen LogP contribution in [0, 0.1) is 5.82 Å². The Labute approximate surface area is 154 Å². The van der Waals surface area contributed by atoms with Crippen molar-refractivity contribution in [3.63, 3.8) is 0 Å². The van der Waals surface area contributed by atoms with Crippen LogP contribution in [0.25, 0.3) is 0 Å². The summed E-state index contributed by atoms with van der Waals surface area (Å²) in [6, 6.07) is 4.08. The summed E-state index contributed by atoms with van der Waals surface area (Å²) in [5, 5.41) is 8.44. The van der Waals surface area contributed by atoms with Crippen molar-refractivity contribution in [3.05, 3.63) is 40.7 Å². The molecular formula is C18H19FN4O2S. The highest BCUT2D eigenvalue weighted by molar-refractivity contribution is 7.13. The first-order valence-electron chi connectivity index (χ1n) is 8.66. The number of thiazole rings is 1. The van der Waals surface area contributed by atoms with Crippen LogP contribution in [0.1, 0.15) is 36.4 Å². The normalized spacial score (nSPS) is 19.2. The molecule has 2 aliphatic heterocycles. The Bertz CT molecular complexity index is 847. The van der Waals surface area contributed by atoms with Crippen LogP contribution < -0.4 is 15.5 Å². The standard InChI is InChI=1S/C18H19FN4O2S/c19-11-3-4-15-13(7-11)14(8-16(24)22-15)17(25)20-9-12-10-26-18(21-12)23-5-1-2-6-23/h3-4,7,10,14H,1-2,5-6,8-9H2,(H,20,25)(H,22,24). The van der Waals surface area contributed by atoms with Crippen LogP contribution in [-0.2, 0) is 16.1 Å². The number of anilines is 2. The van der Waals surface area contributed by atoms with Gasteiger partial charge in [-0.25, -0.2) is 9.37 Å². The zero-order valence-corrected chi connectivity index (χ0v) is 14.9. The molecular weight excluding hydrogens is 355 g/mol. The summed E-state index contributed by atoms with van der Waals surface area (Å²) in [7, 11) is 0. The highest BCUT2D eigenvalue weighted by atomic mass is 32.1. The maximum absolute atomic E-state index is 13.6. The quantitative estimate of drug-likeness (QED) is 0.863. The van der Waals surface area contributed by atoms with Crippen molar-refractivity contribution in [3.8, 4) is 0 Å². The third kappa shape index (κ3) is 3.41. The minimum Gasteiger partial charge on any atom is -0.350 e. The number of nitrogens with zero attached hydrogens (tertiary/aromatic N) is 2. The second kappa shape index (κ2) is 7.03. The number of benzene rings is 1. The van der Waals surface area contributed by atoms with Crippen LogP contribution in [0.15, 0.2) is 23.6 Å². The molecule has 3 heterocycles. The lowest BCUT2D eigenvalue weighted by molar-refractivity contribution is -0.126. The maximum Gasteiger partial charge on any atom is 0.228 e. The predicted octanol–water partition coefficient (Wildman–Crippen LogP) is 2.62. The molecule has 1 saturated heterocycles. The third-order valence-electron chi connectivity index (χ3n) is 4.73. The summed E-state index contributed by atoms with van der Waals surface area (Å²) >= 11 is 1.57. The van der Waals surface area contributed by atoms with Crippen molar-refractivity contribution in [1.82, 2.24) is 10.3 Å². The van der Waals surface area contributed by atoms with Gasteiger partial charge in [0.15, 0.2) is 5.13 Å². The number of halogens is 1. The van der Waals surface area contributed by atoms with E-state index < -0.39 is 11.7 Å². The van der Waals surface area contributed by atoms with Gasteiger partial charge in [0, 0.05) is 30.6 Å². The molecule has 6 nitrogen and oxygen atoms in total. The van der Waals surface area contributed by atoms with Crippen LogP contribution >= 0.6 is 11.3 Å². The van der Waals surface area contributed by atoms with Crippen molar-refractivity contribution in [2.75, 3.05) is 23.3 Å². The van der Waals surface area contributed by atoms with Gasteiger partial charge in [0.05, 0.1) is 18.2 Å². The average molecular weight is 374 g/mol. The van der Waals surface area contributed by atoms with E-state index in [2.05, 4.69) is 20.5 Å². The van der Waals surface area contributed by atoms with E-state index in [1.54, 1.807) is 11.3 Å². The minimum atomic E-state index is -0.689. The van der Waals surface area contributed by atoms with Crippen LogP contribution in [0.3, 0.4) is 0 Å². The molecule has 2 amide bonds. The van der Waals surface area contributed by atoms with E-state index >= 15 is 0 Å². The van der Waals surface area contributed by atoms with Crippen molar-refractivity contribution in [2.24, 2.45) is 0 Å². The molecule has 2 aliphatic rings. The topological polar surface area (TPSA) is 74.3 Å². The molecule has 2 aromatic rings. The van der Waals surface area contributed by atoms with Gasteiger partial charge < -0.3 is 15.5 Å². The zero-order valence-electron chi connectivity index (χ0n) is 14.1. The van der Waals surface area contributed by atoms with E-state index in [0.717, 1.165) is 23.9 Å². The number of nitrogens with one attached hydrogen (secondary N) is 2. The summed E-state index contributed by atoms with van der Waals surface area (Å²) in [6.45, 7) is 2.35. The van der Waals surface area contributed by atoms with Crippen LogP contribution in [0.4, 0.5) is 15.2 Å². The van der Waals surface area contributed by atoms with Crippen molar-refractivity contribution in [2.45, 2.75) is 31.7 Å². The second-order valence-corrected chi connectivity index (χ2v) is 7.41. The van der Waals surface area contributed by atoms with E-state index in [0.29, 0.717) is 17.8 Å². The third-order valence-corrected chi connectivity index (χ3v) is 5.68. The van der Waals surface area contributed by atoms with Crippen molar-refractivity contribution < 1.29 is 14.0 Å². The number of fused-ring (bicyclic) bond motifs is 1. The first-order chi connectivity index (χ1) is 12.6. The molecule has 1 atom stereocenters. The molecule has 1 fully saturated rings. The lowest BCUT2D eigenvalue weighted by Gasteiger charge is -2.24. The highest BCUT2D eigenvalue weighted by Crippen LogP contribution is 2.33. The molecule has 0 bridgehead atoms. The number of carbonyl (C=O) groups excluding carboxylic acids is 2. The molecule has 26 heavy (non-hydrogen) atoms. The van der Waals surface area contributed by atoms with E-state index in [4.69, 9.17) is 0 Å². The number of hydrogen-bond donors (Lipinski definition) is 2. The fraction of sp³-hybridized carbons (Fsp3) is 0.389. The van der Waals surface area contributed by atoms with Gasteiger partial charge in [-0.3, -0.25) is 9.59 Å². The largest absolute Gasteiger partial charge is 0.350 e. The van der Waals surface area contributed by atoms with E-state index in [1.165, 1.54) is 31.0 Å². The number of carbonyl (C=O) groups is 2. The van der Waals surface area contributed by atoms with E-state index in [9.17, 15) is 14.0 Å². The van der Waals surface area contributed by atoms with Gasteiger partial charge in [-0.2, -0.15) is 0 Å². The van der Waals surface area contributed by atoms with Gasteiger partial charge in [-0.05, 0) is 36.6 Å². The number of aromatic nitrogens is 1. The van der Waals surface area contributed by atoms with Gasteiger partial charge in [0.1, 0.15) is 5.82 Å². The van der Waals surface area contributed by atoms with Gasteiger partial charge in [-0.1, -0.05) is 0 Å². The van der Waals surface area contributed by atoms with Gasteiger partial charge >= 0.3 is 0 Å². The molecule has 1 aromatic heterocycles. The minimum absolute atomic E-state index is 0.0123. The van der Waals surface area contributed by atoms with Crippen molar-refractivity contribution >= 4 is 34.0 Å². The van der Waals surface area contributed by atoms with E-state index in [-0.39, 0.29) is 18.2 Å². The molecule has 0 aliphatic carbocycles. The molecule has 1 aromatic carbocycles. The van der Waals surface area contributed by atoms with Gasteiger partial charge in [-0.15, -0.1) is 11.3 Å². The van der Waals surface area contributed by atoms with Gasteiger partial charge in [0.25, 0.3) is 0 Å². The van der Waals surface area contributed by atoms with Crippen LogP contribution in [0.2, 0.25) is 0 Å². The first kappa shape index (κ1) is 17.0. The summed E-state index contributed by atoms with van der Waals surface area (Å²) in [6.07, 6.45) is 2.38. The smallest absolute Gasteiger partial charge is 0.228 e. The number of amides is 2. The Balaban J connectivity index is 1.44. The maximum atomic E-state index is 13.6. The fourth-order valence-corrected chi connectivity index (χ4v) is 4.28. The second-order valence-electron chi connectivity index (χ2n) is 6.57. The average Bonchev–Trinajstić information content (AvgIpc) is 3.30. The summed E-state index contributed by atoms with van der Waals surface area (Å²) < 4.78 is 13.6. The molecule has 1 unspecified atom stereocenters. The zero-order chi connectivity index (χ0) is 18.1. The Morgan fingerprint density at radius 3 is 3.00 bits per heavy atom. The lowest BCUT2D eigenvalue weighted by atomic mass is 9.89. The number of hydrogen-bond acceptors (Lipinski definition) is 5. The Hall–Kier alpha value is -2.48. The molecule has 136 valence electrons. The van der Waals surface area contributed by atoms with Crippen molar-refractivity contribution in [1.29, 1.82) is 0 Å². The Morgan fingerprint density at radius 1 is 1.38 bits per heavy atom. The molecule has 0 radical (unpaired) electrons. The molecule has 8 heteroatoms. The van der Waals surface area contributed by atoms with E-state index in [1.807, 2.05) is 5.38 Å². The molecule has 0 spiro atoms. The molecule has 4 rings (SSSR count). The molecule has 0 saturated carbocycles. The number of rotatable bonds is 4. The van der Waals surface area contributed by atoms with Crippen LogP contribution in [0.5, 0.6) is 0 Å². The summed E-state index contributed by atoms with van der Waals surface area (Å²) in [5.74, 6) is -1.64. The molecule has 2 N–H and O–H groups in total. The monoisotopic (exact) mass is 374 g/mol. The summed E-state index contributed by atoms with van der Waals surface area (Å²) in [4.78, 5) is 31.3. The van der Waals surface area contributed by atoms with Gasteiger partial charge in [0.2, 0.25) is 11.8 Å². The Kier molecular flexibility index (Phi) is 4.58. The highest BCUT2D eigenvalue weighted by Gasteiger charge is 2.31. The predicted molar refractivity (Wildman–Crippen MR) is 97.8 cm³/mol. The Morgan fingerprint density at radius 2 is 2.19 bits per heavy atom. The lowest BCUT2D eigenvalue weighted by Crippen LogP contribution is -2.34. The summed E-state index contributed by atoms with van der Waals surface area (Å²) in [5.41, 5.74) is 1.80. The first-order valence-corrected chi connectivity index (χ1v) is 9.54. The SMILES string of the molecule is O=C1CC(C(=O)NCc2csc(N3CCCC3)n2)c2cc(F)ccc2N1.